The number of rotatable bonds is 5. The highest BCUT2D eigenvalue weighted by atomic mass is 16.1. The maximum absolute atomic E-state index is 11.7. The topological polar surface area (TPSA) is 46.3 Å². The van der Waals surface area contributed by atoms with Crippen LogP contribution in [0.4, 0.5) is 0 Å². The Labute approximate surface area is 130 Å². The van der Waals surface area contributed by atoms with Crippen molar-refractivity contribution < 1.29 is 0 Å². The van der Waals surface area contributed by atoms with E-state index in [-0.39, 0.29) is 5.56 Å². The summed E-state index contributed by atoms with van der Waals surface area (Å²) in [7, 11) is 2.04. The first kappa shape index (κ1) is 15.0. The molecule has 22 heavy (non-hydrogen) atoms. The molecular formula is C16H23N5O. The molecular weight excluding hydrogens is 278 g/mol. The molecule has 0 spiro atoms. The molecule has 0 saturated carbocycles. The smallest absolute Gasteiger partial charge is 0.250 e. The van der Waals surface area contributed by atoms with E-state index in [2.05, 4.69) is 19.4 Å². The third-order valence-electron chi connectivity index (χ3n) is 4.31. The van der Waals surface area contributed by atoms with E-state index >= 15 is 0 Å². The summed E-state index contributed by atoms with van der Waals surface area (Å²) < 4.78 is 3.86. The van der Waals surface area contributed by atoms with Crippen LogP contribution in [0.3, 0.4) is 0 Å². The first-order chi connectivity index (χ1) is 10.7. The van der Waals surface area contributed by atoms with Gasteiger partial charge in [0.05, 0.1) is 6.54 Å². The van der Waals surface area contributed by atoms with Gasteiger partial charge in [-0.25, -0.2) is 4.98 Å². The maximum atomic E-state index is 11.7. The molecule has 1 saturated heterocycles. The average molecular weight is 301 g/mol. The van der Waals surface area contributed by atoms with Crippen LogP contribution in [0, 0.1) is 0 Å². The molecule has 0 radical (unpaired) electrons. The van der Waals surface area contributed by atoms with Gasteiger partial charge in [0.1, 0.15) is 5.82 Å². The fraction of sp³-hybridized carbons (Fsp3) is 0.500. The first-order valence-electron chi connectivity index (χ1n) is 7.79. The minimum Gasteiger partial charge on any atom is -0.337 e. The van der Waals surface area contributed by atoms with Crippen molar-refractivity contribution in [3.05, 3.63) is 53.0 Å². The van der Waals surface area contributed by atoms with E-state index < -0.39 is 0 Å². The summed E-state index contributed by atoms with van der Waals surface area (Å²) in [6, 6.07) is 5.31. The molecule has 1 aliphatic rings. The van der Waals surface area contributed by atoms with E-state index in [4.69, 9.17) is 0 Å². The lowest BCUT2D eigenvalue weighted by atomic mass is 10.3. The highest BCUT2D eigenvalue weighted by Crippen LogP contribution is 2.06. The van der Waals surface area contributed by atoms with Crippen LogP contribution in [-0.2, 0) is 20.1 Å². The van der Waals surface area contributed by atoms with E-state index in [1.165, 1.54) is 0 Å². The molecule has 0 unspecified atom stereocenters. The van der Waals surface area contributed by atoms with Crippen LogP contribution in [0.2, 0.25) is 0 Å². The SMILES string of the molecule is Cn1ccnc1CN1CCN(CCn2ccccc2=O)CC1. The highest BCUT2D eigenvalue weighted by molar-refractivity contribution is 4.94. The molecule has 0 bridgehead atoms. The van der Waals surface area contributed by atoms with Crippen LogP contribution in [0.15, 0.2) is 41.6 Å². The Kier molecular flexibility index (Phi) is 4.70. The van der Waals surface area contributed by atoms with Crippen molar-refractivity contribution in [1.29, 1.82) is 0 Å². The van der Waals surface area contributed by atoms with Crippen LogP contribution >= 0.6 is 0 Å². The molecule has 0 aromatic carbocycles. The molecule has 118 valence electrons. The van der Waals surface area contributed by atoms with Gasteiger partial charge in [0, 0.05) is 71.0 Å². The number of hydrogen-bond acceptors (Lipinski definition) is 4. The van der Waals surface area contributed by atoms with E-state index in [0.717, 1.165) is 51.6 Å². The van der Waals surface area contributed by atoms with Crippen LogP contribution in [0.5, 0.6) is 0 Å². The second-order valence-corrected chi connectivity index (χ2v) is 5.80. The van der Waals surface area contributed by atoms with Gasteiger partial charge in [-0.2, -0.15) is 0 Å². The Morgan fingerprint density at radius 3 is 2.50 bits per heavy atom. The number of aromatic nitrogens is 3. The molecule has 6 heteroatoms. The summed E-state index contributed by atoms with van der Waals surface area (Å²) in [5.41, 5.74) is 0.0796. The number of nitrogens with zero attached hydrogens (tertiary/aromatic N) is 5. The van der Waals surface area contributed by atoms with Gasteiger partial charge in [-0.1, -0.05) is 6.07 Å². The number of imidazole rings is 1. The number of pyridine rings is 1. The van der Waals surface area contributed by atoms with Crippen molar-refractivity contribution >= 4 is 0 Å². The van der Waals surface area contributed by atoms with Crippen molar-refractivity contribution in [2.75, 3.05) is 32.7 Å². The largest absolute Gasteiger partial charge is 0.337 e. The summed E-state index contributed by atoms with van der Waals surface area (Å²) in [5, 5.41) is 0. The van der Waals surface area contributed by atoms with Crippen LogP contribution in [0.1, 0.15) is 5.82 Å². The monoisotopic (exact) mass is 301 g/mol. The molecule has 0 N–H and O–H groups in total. The van der Waals surface area contributed by atoms with Crippen molar-refractivity contribution in [1.82, 2.24) is 23.9 Å². The maximum Gasteiger partial charge on any atom is 0.250 e. The predicted molar refractivity (Wildman–Crippen MR) is 85.6 cm³/mol. The lowest BCUT2D eigenvalue weighted by Gasteiger charge is -2.34. The van der Waals surface area contributed by atoms with E-state index in [1.807, 2.05) is 31.7 Å². The number of aryl methyl sites for hydroxylation is 1. The molecule has 1 fully saturated rings. The zero-order valence-electron chi connectivity index (χ0n) is 13.1. The third kappa shape index (κ3) is 3.64. The Hall–Kier alpha value is -1.92. The Bertz CT molecular complexity index is 654. The second-order valence-electron chi connectivity index (χ2n) is 5.80. The summed E-state index contributed by atoms with van der Waals surface area (Å²) >= 11 is 0. The van der Waals surface area contributed by atoms with Gasteiger partial charge in [0.15, 0.2) is 0 Å². The van der Waals surface area contributed by atoms with Crippen molar-refractivity contribution in [3.8, 4) is 0 Å². The zero-order valence-corrected chi connectivity index (χ0v) is 13.1. The average Bonchev–Trinajstić information content (AvgIpc) is 2.93. The van der Waals surface area contributed by atoms with Gasteiger partial charge < -0.3 is 9.13 Å². The molecule has 3 heterocycles. The standard InChI is InChI=1S/C16H23N5O/c1-18-7-5-17-15(18)14-20-10-8-19(9-11-20)12-13-21-6-3-2-4-16(21)22/h2-7H,8-14H2,1H3. The lowest BCUT2D eigenvalue weighted by Crippen LogP contribution is -2.47. The highest BCUT2D eigenvalue weighted by Gasteiger charge is 2.17. The fourth-order valence-electron chi connectivity index (χ4n) is 2.81. The second kappa shape index (κ2) is 6.89. The molecule has 0 aliphatic carbocycles. The molecule has 0 atom stereocenters. The van der Waals surface area contributed by atoms with E-state index in [9.17, 15) is 4.79 Å². The molecule has 3 rings (SSSR count). The Balaban J connectivity index is 1.45. The van der Waals surface area contributed by atoms with Crippen molar-refractivity contribution in [2.45, 2.75) is 13.1 Å². The van der Waals surface area contributed by atoms with Crippen molar-refractivity contribution in [2.24, 2.45) is 7.05 Å². The van der Waals surface area contributed by atoms with Gasteiger partial charge in [-0.15, -0.1) is 0 Å². The molecule has 2 aromatic rings. The Morgan fingerprint density at radius 2 is 1.82 bits per heavy atom. The molecule has 0 amide bonds. The quantitative estimate of drug-likeness (QED) is 0.802. The van der Waals surface area contributed by atoms with E-state index in [1.54, 1.807) is 16.7 Å². The predicted octanol–water partition coefficient (Wildman–Crippen LogP) is 0.400. The Morgan fingerprint density at radius 1 is 1.05 bits per heavy atom. The van der Waals surface area contributed by atoms with Gasteiger partial charge in [-0.05, 0) is 6.07 Å². The summed E-state index contributed by atoms with van der Waals surface area (Å²) in [5.74, 6) is 1.12. The minimum absolute atomic E-state index is 0.0796. The molecule has 1 aliphatic heterocycles. The number of piperazine rings is 1. The fourth-order valence-corrected chi connectivity index (χ4v) is 2.81. The van der Waals surface area contributed by atoms with Gasteiger partial charge >= 0.3 is 0 Å². The van der Waals surface area contributed by atoms with Crippen LogP contribution < -0.4 is 5.56 Å². The molecule has 6 nitrogen and oxygen atoms in total. The summed E-state index contributed by atoms with van der Waals surface area (Å²) in [4.78, 5) is 20.9. The van der Waals surface area contributed by atoms with Crippen LogP contribution in [-0.4, -0.2) is 56.6 Å². The summed E-state index contributed by atoms with van der Waals surface area (Å²) in [6.07, 6.45) is 5.70. The van der Waals surface area contributed by atoms with Gasteiger partial charge in [0.2, 0.25) is 0 Å². The van der Waals surface area contributed by atoms with E-state index in [0.29, 0.717) is 0 Å². The summed E-state index contributed by atoms with van der Waals surface area (Å²) in [6.45, 7) is 6.81. The first-order valence-corrected chi connectivity index (χ1v) is 7.79. The third-order valence-corrected chi connectivity index (χ3v) is 4.31. The van der Waals surface area contributed by atoms with Gasteiger partial charge in [-0.3, -0.25) is 14.6 Å². The molecule has 2 aromatic heterocycles. The number of hydrogen-bond donors (Lipinski definition) is 0. The normalized spacial score (nSPS) is 17.0. The van der Waals surface area contributed by atoms with Crippen LogP contribution in [0.25, 0.3) is 0 Å². The minimum atomic E-state index is 0.0796. The zero-order chi connectivity index (χ0) is 15.4. The lowest BCUT2D eigenvalue weighted by molar-refractivity contribution is 0.121. The van der Waals surface area contributed by atoms with Gasteiger partial charge in [0.25, 0.3) is 5.56 Å². The van der Waals surface area contributed by atoms with Crippen molar-refractivity contribution in [3.63, 3.8) is 0 Å².